The first-order valence-electron chi connectivity index (χ1n) is 11.9. The summed E-state index contributed by atoms with van der Waals surface area (Å²) in [6.45, 7) is 4.80. The zero-order chi connectivity index (χ0) is 23.4. The van der Waals surface area contributed by atoms with Crippen LogP contribution in [0.4, 0.5) is 13.2 Å². The highest BCUT2D eigenvalue weighted by molar-refractivity contribution is 5.90. The van der Waals surface area contributed by atoms with Gasteiger partial charge in [-0.1, -0.05) is 6.58 Å². The zero-order valence-corrected chi connectivity index (χ0v) is 18.3. The van der Waals surface area contributed by atoms with E-state index in [0.29, 0.717) is 30.1 Å². The molecule has 33 heavy (non-hydrogen) atoms. The molecule has 6 nitrogen and oxygen atoms in total. The largest absolute Gasteiger partial charge is 0.459 e. The summed E-state index contributed by atoms with van der Waals surface area (Å²) in [6, 6.07) is 0. The van der Waals surface area contributed by atoms with E-state index >= 15 is 0 Å². The quantitative estimate of drug-likeness (QED) is 0.357. The molecular formula is C24H27F3O6. The maximum atomic E-state index is 13.5. The van der Waals surface area contributed by atoms with E-state index in [4.69, 9.17) is 14.2 Å². The van der Waals surface area contributed by atoms with Crippen LogP contribution < -0.4 is 0 Å². The minimum Gasteiger partial charge on any atom is -0.459 e. The van der Waals surface area contributed by atoms with Gasteiger partial charge in [-0.2, -0.15) is 13.2 Å². The van der Waals surface area contributed by atoms with Crippen LogP contribution in [0, 0.1) is 47.3 Å². The summed E-state index contributed by atoms with van der Waals surface area (Å²) in [7, 11) is 0. The Labute approximate surface area is 189 Å². The molecule has 6 atom stereocenters. The van der Waals surface area contributed by atoms with Gasteiger partial charge in [0, 0.05) is 11.8 Å². The van der Waals surface area contributed by atoms with Crippen molar-refractivity contribution in [2.24, 2.45) is 47.3 Å². The van der Waals surface area contributed by atoms with Gasteiger partial charge in [-0.05, 0) is 69.1 Å². The fourth-order valence-corrected chi connectivity index (χ4v) is 8.35. The van der Waals surface area contributed by atoms with Gasteiger partial charge in [-0.15, -0.1) is 0 Å². The number of fused-ring (bicyclic) bond motifs is 1. The monoisotopic (exact) mass is 468 g/mol. The van der Waals surface area contributed by atoms with E-state index in [0.717, 1.165) is 25.7 Å². The molecule has 0 aromatic heterocycles. The van der Waals surface area contributed by atoms with Crippen LogP contribution >= 0.6 is 0 Å². The van der Waals surface area contributed by atoms with E-state index in [1.54, 1.807) is 0 Å². The second-order valence-electron chi connectivity index (χ2n) is 11.3. The van der Waals surface area contributed by atoms with Gasteiger partial charge in [0.1, 0.15) is 23.4 Å². The van der Waals surface area contributed by atoms with Crippen LogP contribution in [0.2, 0.25) is 0 Å². The number of rotatable bonds is 4. The van der Waals surface area contributed by atoms with Gasteiger partial charge in [0.2, 0.25) is 0 Å². The fraction of sp³-hybridized carbons (Fsp3) is 0.792. The first kappa shape index (κ1) is 21.5. The molecule has 1 aliphatic heterocycles. The van der Waals surface area contributed by atoms with Crippen LogP contribution in [-0.4, -0.2) is 41.9 Å². The summed E-state index contributed by atoms with van der Waals surface area (Å²) in [5, 5.41) is 0. The Morgan fingerprint density at radius 2 is 1.64 bits per heavy atom. The van der Waals surface area contributed by atoms with Gasteiger partial charge in [0.25, 0.3) is 0 Å². The van der Waals surface area contributed by atoms with Crippen molar-refractivity contribution >= 4 is 17.9 Å². The maximum absolute atomic E-state index is 13.5. The SMILES string of the molecule is C=C(C(=O)OC1C2CC3C1OC(=O)C3C2C(=O)OC1(C)C2CC3CC(C2)CC1C3)C(F)(F)F. The average Bonchev–Trinajstić information content (AvgIpc) is 3.34. The van der Waals surface area contributed by atoms with Crippen LogP contribution in [0.15, 0.2) is 12.2 Å². The van der Waals surface area contributed by atoms with Gasteiger partial charge in [-0.25, -0.2) is 4.79 Å². The Balaban J connectivity index is 1.23. The molecule has 6 unspecified atom stereocenters. The molecular weight excluding hydrogens is 441 g/mol. The van der Waals surface area contributed by atoms with Gasteiger partial charge >= 0.3 is 24.1 Å². The van der Waals surface area contributed by atoms with Crippen molar-refractivity contribution in [1.82, 2.24) is 0 Å². The van der Waals surface area contributed by atoms with E-state index in [9.17, 15) is 27.6 Å². The lowest BCUT2D eigenvalue weighted by Crippen LogP contribution is -2.59. The first-order valence-corrected chi connectivity index (χ1v) is 11.9. The first-order chi connectivity index (χ1) is 15.5. The van der Waals surface area contributed by atoms with Crippen molar-refractivity contribution < 1.29 is 41.8 Å². The normalized spacial score (nSPS) is 48.7. The molecule has 6 bridgehead atoms. The Morgan fingerprint density at radius 1 is 1.03 bits per heavy atom. The highest BCUT2D eigenvalue weighted by Gasteiger charge is 2.71. The third-order valence-corrected chi connectivity index (χ3v) is 9.73. The van der Waals surface area contributed by atoms with Crippen molar-refractivity contribution in [3.05, 3.63) is 12.2 Å². The lowest BCUT2D eigenvalue weighted by Gasteiger charge is -2.59. The second kappa shape index (κ2) is 6.75. The van der Waals surface area contributed by atoms with Crippen LogP contribution in [0.1, 0.15) is 45.4 Å². The van der Waals surface area contributed by atoms with Crippen molar-refractivity contribution in [3.63, 3.8) is 0 Å². The second-order valence-corrected chi connectivity index (χ2v) is 11.3. The van der Waals surface area contributed by atoms with Crippen LogP contribution in [0.3, 0.4) is 0 Å². The van der Waals surface area contributed by atoms with E-state index < -0.39 is 65.2 Å². The van der Waals surface area contributed by atoms with Gasteiger partial charge in [0.05, 0.1) is 11.8 Å². The van der Waals surface area contributed by atoms with E-state index in [-0.39, 0.29) is 5.92 Å². The summed E-state index contributed by atoms with van der Waals surface area (Å²) in [6.07, 6.45) is -1.04. The lowest BCUT2D eigenvalue weighted by molar-refractivity contribution is -0.211. The number of carbonyl (C=O) groups excluding carboxylic acids is 3. The smallest absolute Gasteiger partial charge is 0.422 e. The molecule has 0 aromatic carbocycles. The minimum absolute atomic E-state index is 0.295. The number of esters is 3. The lowest BCUT2D eigenvalue weighted by atomic mass is 9.50. The van der Waals surface area contributed by atoms with Crippen LogP contribution in [0.5, 0.6) is 0 Å². The number of halogens is 3. The molecule has 0 radical (unpaired) electrons. The Kier molecular flexibility index (Phi) is 4.39. The molecule has 0 spiro atoms. The standard InChI is InChI=1S/C24H27F3O6/c1-9(24(25,26)27)20(28)31-18-15-8-14-16(21(29)32-19(14)18)17(15)22(30)33-23(2)12-4-10-3-11(6-12)7-13(23)5-10/h10-19H,1,3-8H2,2H3. The number of carbonyl (C=O) groups is 3. The molecule has 180 valence electrons. The predicted molar refractivity (Wildman–Crippen MR) is 105 cm³/mol. The van der Waals surface area contributed by atoms with Gasteiger partial charge in [-0.3, -0.25) is 9.59 Å². The summed E-state index contributed by atoms with van der Waals surface area (Å²) in [5.74, 6) is -3.20. The van der Waals surface area contributed by atoms with Crippen molar-refractivity contribution in [1.29, 1.82) is 0 Å². The van der Waals surface area contributed by atoms with E-state index in [2.05, 4.69) is 6.58 Å². The van der Waals surface area contributed by atoms with Gasteiger partial charge < -0.3 is 14.2 Å². The minimum atomic E-state index is -4.92. The van der Waals surface area contributed by atoms with Crippen LogP contribution in [-0.2, 0) is 28.6 Å². The highest BCUT2D eigenvalue weighted by atomic mass is 19.4. The number of hydrogen-bond donors (Lipinski definition) is 0. The average molecular weight is 468 g/mol. The highest BCUT2D eigenvalue weighted by Crippen LogP contribution is 2.62. The number of alkyl halides is 3. The van der Waals surface area contributed by atoms with Crippen molar-refractivity contribution in [3.8, 4) is 0 Å². The molecule has 0 amide bonds. The topological polar surface area (TPSA) is 78.9 Å². The fourth-order valence-electron chi connectivity index (χ4n) is 8.35. The van der Waals surface area contributed by atoms with E-state index in [1.165, 1.54) is 6.42 Å². The molecule has 6 aliphatic carbocycles. The van der Waals surface area contributed by atoms with E-state index in [1.807, 2.05) is 6.92 Å². The van der Waals surface area contributed by atoms with Crippen molar-refractivity contribution in [2.45, 2.75) is 69.4 Å². The summed E-state index contributed by atoms with van der Waals surface area (Å²) < 4.78 is 55.5. The number of hydrogen-bond acceptors (Lipinski definition) is 6. The summed E-state index contributed by atoms with van der Waals surface area (Å²) >= 11 is 0. The summed E-state index contributed by atoms with van der Waals surface area (Å²) in [4.78, 5) is 38.2. The molecule has 6 saturated carbocycles. The molecule has 0 N–H and O–H groups in total. The van der Waals surface area contributed by atoms with Crippen LogP contribution in [0.25, 0.3) is 0 Å². The zero-order valence-electron chi connectivity index (χ0n) is 18.3. The Morgan fingerprint density at radius 3 is 2.21 bits per heavy atom. The number of ether oxygens (including phenoxy) is 3. The third-order valence-electron chi connectivity index (χ3n) is 9.73. The molecule has 7 aliphatic rings. The Hall–Kier alpha value is -2.06. The molecule has 7 fully saturated rings. The molecule has 1 heterocycles. The maximum Gasteiger partial charge on any atom is 0.422 e. The molecule has 7 rings (SSSR count). The van der Waals surface area contributed by atoms with Gasteiger partial charge in [0.15, 0.2) is 0 Å². The molecule has 0 aromatic rings. The molecule has 9 heteroatoms. The third kappa shape index (κ3) is 2.95. The predicted octanol–water partition coefficient (Wildman–Crippen LogP) is 3.58. The Bertz CT molecular complexity index is 913. The van der Waals surface area contributed by atoms with Crippen molar-refractivity contribution in [2.75, 3.05) is 0 Å². The molecule has 1 saturated heterocycles. The summed E-state index contributed by atoms with van der Waals surface area (Å²) in [5.41, 5.74) is -2.21.